The van der Waals surface area contributed by atoms with Gasteiger partial charge in [0.25, 0.3) is 0 Å². The van der Waals surface area contributed by atoms with Gasteiger partial charge in [-0.25, -0.2) is 4.79 Å². The standard InChI is InChI=1S/C18H21N3O3/c1-21-11-14(7-8-15(21)22)20-17(24)19-12-18(9-10-18)16(23)13-5-3-2-4-6-13/h2-8,11,16,23H,9-10,12H2,1H3,(H2,19,20,24). The molecule has 3 N–H and O–H groups in total. The van der Waals surface area contributed by atoms with Gasteiger partial charge in [-0.05, 0) is 24.5 Å². The molecule has 6 heteroatoms. The highest BCUT2D eigenvalue weighted by molar-refractivity contribution is 5.89. The summed E-state index contributed by atoms with van der Waals surface area (Å²) >= 11 is 0. The van der Waals surface area contributed by atoms with E-state index in [-0.39, 0.29) is 17.0 Å². The van der Waals surface area contributed by atoms with Crippen molar-refractivity contribution in [2.75, 3.05) is 11.9 Å². The first-order valence-electron chi connectivity index (χ1n) is 7.95. The number of aliphatic hydroxyl groups is 1. The largest absolute Gasteiger partial charge is 0.388 e. The lowest BCUT2D eigenvalue weighted by Crippen LogP contribution is -2.36. The molecular weight excluding hydrogens is 306 g/mol. The van der Waals surface area contributed by atoms with E-state index in [0.29, 0.717) is 12.2 Å². The second kappa shape index (κ2) is 6.49. The number of anilines is 1. The van der Waals surface area contributed by atoms with Crippen LogP contribution in [0.4, 0.5) is 10.5 Å². The number of aromatic nitrogens is 1. The van der Waals surface area contributed by atoms with Crippen molar-refractivity contribution in [2.24, 2.45) is 12.5 Å². The summed E-state index contributed by atoms with van der Waals surface area (Å²) in [7, 11) is 1.63. The van der Waals surface area contributed by atoms with E-state index >= 15 is 0 Å². The Morgan fingerprint density at radius 2 is 1.96 bits per heavy atom. The fraction of sp³-hybridized carbons (Fsp3) is 0.333. The van der Waals surface area contributed by atoms with E-state index in [1.807, 2.05) is 30.3 Å². The van der Waals surface area contributed by atoms with E-state index in [1.165, 1.54) is 10.6 Å². The number of hydrogen-bond acceptors (Lipinski definition) is 3. The zero-order chi connectivity index (χ0) is 17.2. The molecule has 0 aliphatic heterocycles. The number of nitrogens with one attached hydrogen (secondary N) is 2. The van der Waals surface area contributed by atoms with E-state index in [1.54, 1.807) is 19.3 Å². The minimum atomic E-state index is -0.587. The number of aliphatic hydroxyl groups excluding tert-OH is 1. The molecule has 1 saturated carbocycles. The number of urea groups is 1. The third-order valence-electron chi connectivity index (χ3n) is 4.53. The van der Waals surface area contributed by atoms with Crippen molar-refractivity contribution in [3.8, 4) is 0 Å². The summed E-state index contributed by atoms with van der Waals surface area (Å²) < 4.78 is 1.40. The maximum absolute atomic E-state index is 12.1. The molecule has 0 bridgehead atoms. The van der Waals surface area contributed by atoms with E-state index in [2.05, 4.69) is 10.6 Å². The minimum Gasteiger partial charge on any atom is -0.388 e. The normalized spacial score (nSPS) is 16.2. The zero-order valence-electron chi connectivity index (χ0n) is 13.5. The first-order valence-corrected chi connectivity index (χ1v) is 7.95. The topological polar surface area (TPSA) is 83.4 Å². The van der Waals surface area contributed by atoms with E-state index in [0.717, 1.165) is 18.4 Å². The van der Waals surface area contributed by atoms with Crippen LogP contribution in [0.25, 0.3) is 0 Å². The van der Waals surface area contributed by atoms with Gasteiger partial charge in [0.1, 0.15) is 0 Å². The van der Waals surface area contributed by atoms with Crippen molar-refractivity contribution in [3.05, 3.63) is 64.6 Å². The Kier molecular flexibility index (Phi) is 4.40. The van der Waals surface area contributed by atoms with Crippen molar-refractivity contribution >= 4 is 11.7 Å². The van der Waals surface area contributed by atoms with Gasteiger partial charge in [0.05, 0.1) is 11.8 Å². The lowest BCUT2D eigenvalue weighted by atomic mass is 9.93. The highest BCUT2D eigenvalue weighted by Gasteiger charge is 2.49. The number of carbonyl (C=O) groups excluding carboxylic acids is 1. The highest BCUT2D eigenvalue weighted by Crippen LogP contribution is 2.54. The molecule has 6 nitrogen and oxygen atoms in total. The summed E-state index contributed by atoms with van der Waals surface area (Å²) in [6.07, 6.45) is 2.73. The van der Waals surface area contributed by atoms with Crippen molar-refractivity contribution in [2.45, 2.75) is 18.9 Å². The van der Waals surface area contributed by atoms with E-state index in [9.17, 15) is 14.7 Å². The molecule has 1 aliphatic carbocycles. The molecule has 1 aliphatic rings. The molecule has 1 unspecified atom stereocenters. The Morgan fingerprint density at radius 1 is 1.25 bits per heavy atom. The molecular formula is C18H21N3O3. The van der Waals surface area contributed by atoms with E-state index < -0.39 is 6.10 Å². The lowest BCUT2D eigenvalue weighted by Gasteiger charge is -2.23. The fourth-order valence-electron chi connectivity index (χ4n) is 2.80. The number of hydrogen-bond donors (Lipinski definition) is 3. The van der Waals surface area contributed by atoms with Crippen molar-refractivity contribution < 1.29 is 9.90 Å². The Bertz CT molecular complexity index is 782. The molecule has 0 spiro atoms. The van der Waals surface area contributed by atoms with Crippen LogP contribution in [0.2, 0.25) is 0 Å². The van der Waals surface area contributed by atoms with Gasteiger partial charge in [-0.1, -0.05) is 30.3 Å². The molecule has 1 aromatic heterocycles. The number of pyridine rings is 1. The molecule has 1 heterocycles. The molecule has 0 saturated heterocycles. The Labute approximate surface area is 140 Å². The van der Waals surface area contributed by atoms with Gasteiger partial charge in [0.15, 0.2) is 0 Å². The lowest BCUT2D eigenvalue weighted by molar-refractivity contribution is 0.0936. The molecule has 0 radical (unpaired) electrons. The Balaban J connectivity index is 1.58. The SMILES string of the molecule is Cn1cc(NC(=O)NCC2(C(O)c3ccccc3)CC2)ccc1=O. The Morgan fingerprint density at radius 3 is 2.58 bits per heavy atom. The second-order valence-corrected chi connectivity index (χ2v) is 6.35. The monoisotopic (exact) mass is 327 g/mol. The van der Waals surface area contributed by atoms with Crippen molar-refractivity contribution in [3.63, 3.8) is 0 Å². The zero-order valence-corrected chi connectivity index (χ0v) is 13.5. The van der Waals surface area contributed by atoms with Crippen LogP contribution in [-0.4, -0.2) is 22.2 Å². The molecule has 3 rings (SSSR count). The van der Waals surface area contributed by atoms with Crippen LogP contribution in [0.5, 0.6) is 0 Å². The quantitative estimate of drug-likeness (QED) is 0.785. The average Bonchev–Trinajstić information content (AvgIpc) is 3.38. The number of aryl methyl sites for hydroxylation is 1. The summed E-state index contributed by atoms with van der Waals surface area (Å²) in [4.78, 5) is 23.4. The molecule has 1 aromatic carbocycles. The predicted octanol–water partition coefficient (Wildman–Crippen LogP) is 2.02. The van der Waals surface area contributed by atoms with Gasteiger partial charge in [0, 0.05) is 31.3 Å². The summed E-state index contributed by atoms with van der Waals surface area (Å²) in [5.74, 6) is 0. The number of rotatable bonds is 5. The minimum absolute atomic E-state index is 0.135. The number of carbonyl (C=O) groups is 1. The molecule has 1 atom stereocenters. The molecule has 24 heavy (non-hydrogen) atoms. The van der Waals surface area contributed by atoms with Crippen molar-refractivity contribution in [1.82, 2.24) is 9.88 Å². The summed E-state index contributed by atoms with van der Waals surface area (Å²) in [5, 5.41) is 16.1. The average molecular weight is 327 g/mol. The third kappa shape index (κ3) is 3.49. The second-order valence-electron chi connectivity index (χ2n) is 6.35. The number of benzene rings is 1. The van der Waals surface area contributed by atoms with Crippen LogP contribution in [0.15, 0.2) is 53.5 Å². The molecule has 126 valence electrons. The van der Waals surface area contributed by atoms with Crippen molar-refractivity contribution in [1.29, 1.82) is 0 Å². The van der Waals surface area contributed by atoms with Gasteiger partial charge in [-0.2, -0.15) is 0 Å². The van der Waals surface area contributed by atoms with Crippen LogP contribution >= 0.6 is 0 Å². The van der Waals surface area contributed by atoms with Crippen LogP contribution in [0.1, 0.15) is 24.5 Å². The van der Waals surface area contributed by atoms with Gasteiger partial charge < -0.3 is 20.3 Å². The first-order chi connectivity index (χ1) is 11.5. The van der Waals surface area contributed by atoms with E-state index in [4.69, 9.17) is 0 Å². The van der Waals surface area contributed by atoms with Gasteiger partial charge in [-0.15, -0.1) is 0 Å². The number of amides is 2. The Hall–Kier alpha value is -2.60. The highest BCUT2D eigenvalue weighted by atomic mass is 16.3. The predicted molar refractivity (Wildman–Crippen MR) is 91.8 cm³/mol. The molecule has 2 amide bonds. The van der Waals surface area contributed by atoms with Crippen LogP contribution in [-0.2, 0) is 7.05 Å². The summed E-state index contributed by atoms with van der Waals surface area (Å²) in [6.45, 7) is 0.403. The van der Waals surface area contributed by atoms with Crippen LogP contribution in [0, 0.1) is 5.41 Å². The fourth-order valence-corrected chi connectivity index (χ4v) is 2.80. The van der Waals surface area contributed by atoms with Crippen LogP contribution < -0.4 is 16.2 Å². The third-order valence-corrected chi connectivity index (χ3v) is 4.53. The first kappa shape index (κ1) is 16.3. The smallest absolute Gasteiger partial charge is 0.319 e. The van der Waals surface area contributed by atoms with Crippen LogP contribution in [0.3, 0.4) is 0 Å². The van der Waals surface area contributed by atoms with Gasteiger partial charge in [-0.3, -0.25) is 4.79 Å². The summed E-state index contributed by atoms with van der Waals surface area (Å²) in [5.41, 5.74) is 0.990. The molecule has 2 aromatic rings. The number of nitrogens with zero attached hydrogens (tertiary/aromatic N) is 1. The molecule has 1 fully saturated rings. The maximum atomic E-state index is 12.1. The maximum Gasteiger partial charge on any atom is 0.319 e. The summed E-state index contributed by atoms with van der Waals surface area (Å²) in [6, 6.07) is 12.1. The van der Waals surface area contributed by atoms with Gasteiger partial charge >= 0.3 is 6.03 Å². The van der Waals surface area contributed by atoms with Gasteiger partial charge in [0.2, 0.25) is 5.56 Å².